The number of aromatic nitrogens is 1. The van der Waals surface area contributed by atoms with Gasteiger partial charge in [-0.15, -0.1) is 0 Å². The Kier molecular flexibility index (Phi) is 2.88. The molecule has 0 bridgehead atoms. The maximum Gasteiger partial charge on any atom is 0.337 e. The van der Waals surface area contributed by atoms with E-state index in [2.05, 4.69) is 4.98 Å². The van der Waals surface area contributed by atoms with E-state index in [0.717, 1.165) is 0 Å². The molecule has 0 atom stereocenters. The zero-order valence-electron chi connectivity index (χ0n) is 8.22. The number of aromatic carboxylic acids is 1. The third-order valence-corrected chi connectivity index (χ3v) is 2.55. The van der Waals surface area contributed by atoms with E-state index >= 15 is 0 Å². The first-order valence-electron chi connectivity index (χ1n) is 4.62. The Balaban J connectivity index is 2.65. The maximum absolute atomic E-state index is 11.0. The average molecular weight is 234 g/mol. The van der Waals surface area contributed by atoms with Gasteiger partial charge >= 0.3 is 5.97 Å². The average Bonchev–Trinajstić information content (AvgIpc) is 2.29. The van der Waals surface area contributed by atoms with E-state index in [-0.39, 0.29) is 5.56 Å². The molecule has 0 aliphatic rings. The van der Waals surface area contributed by atoms with Gasteiger partial charge in [0.25, 0.3) is 0 Å². The number of hydrogen-bond acceptors (Lipinski definition) is 2. The molecule has 0 aliphatic heterocycles. The van der Waals surface area contributed by atoms with Crippen molar-refractivity contribution in [1.82, 2.24) is 4.98 Å². The van der Waals surface area contributed by atoms with Crippen molar-refractivity contribution in [3.05, 3.63) is 53.3 Å². The number of benzene rings is 1. The Morgan fingerprint density at radius 3 is 2.62 bits per heavy atom. The van der Waals surface area contributed by atoms with Crippen LogP contribution in [0.4, 0.5) is 0 Å². The van der Waals surface area contributed by atoms with E-state index in [4.69, 9.17) is 16.7 Å². The zero-order chi connectivity index (χ0) is 11.5. The first-order chi connectivity index (χ1) is 7.70. The summed E-state index contributed by atoms with van der Waals surface area (Å²) < 4.78 is 0. The number of rotatable bonds is 2. The summed E-state index contributed by atoms with van der Waals surface area (Å²) in [7, 11) is 0. The normalized spacial score (nSPS) is 10.1. The molecule has 1 aromatic heterocycles. The standard InChI is InChI=1S/C12H8ClNO2/c13-11-4-2-1-3-9(11)8-5-6-14-7-10(8)12(15)16/h1-7H,(H,15,16). The minimum atomic E-state index is -1.01. The Labute approximate surface area is 97.3 Å². The molecule has 0 spiro atoms. The van der Waals surface area contributed by atoms with E-state index in [1.165, 1.54) is 6.20 Å². The van der Waals surface area contributed by atoms with Gasteiger partial charge in [0.1, 0.15) is 0 Å². The van der Waals surface area contributed by atoms with Gasteiger partial charge in [-0.2, -0.15) is 0 Å². The van der Waals surface area contributed by atoms with Crippen LogP contribution in [-0.4, -0.2) is 16.1 Å². The van der Waals surface area contributed by atoms with Crippen molar-refractivity contribution in [1.29, 1.82) is 0 Å². The van der Waals surface area contributed by atoms with Gasteiger partial charge in [-0.05, 0) is 12.1 Å². The summed E-state index contributed by atoms with van der Waals surface area (Å²) in [5.41, 5.74) is 1.42. The van der Waals surface area contributed by atoms with Gasteiger partial charge in [0.2, 0.25) is 0 Å². The number of pyridine rings is 1. The highest BCUT2D eigenvalue weighted by atomic mass is 35.5. The molecule has 1 aromatic carbocycles. The number of carbonyl (C=O) groups is 1. The molecule has 1 N–H and O–H groups in total. The van der Waals surface area contributed by atoms with Crippen molar-refractivity contribution in [3.63, 3.8) is 0 Å². The smallest absolute Gasteiger partial charge is 0.337 e. The Morgan fingerprint density at radius 1 is 1.19 bits per heavy atom. The van der Waals surface area contributed by atoms with Gasteiger partial charge in [-0.25, -0.2) is 4.79 Å². The highest BCUT2D eigenvalue weighted by Gasteiger charge is 2.13. The molecule has 2 rings (SSSR count). The molecule has 0 amide bonds. The minimum absolute atomic E-state index is 0.149. The largest absolute Gasteiger partial charge is 0.478 e. The van der Waals surface area contributed by atoms with Crippen molar-refractivity contribution < 1.29 is 9.90 Å². The molecule has 1 heterocycles. The third-order valence-electron chi connectivity index (χ3n) is 2.22. The Hall–Kier alpha value is -1.87. The van der Waals surface area contributed by atoms with Gasteiger partial charge in [-0.3, -0.25) is 4.98 Å². The number of carboxylic acid groups (broad SMARTS) is 1. The number of hydrogen-bond donors (Lipinski definition) is 1. The number of carboxylic acids is 1. The predicted octanol–water partition coefficient (Wildman–Crippen LogP) is 3.10. The summed E-state index contributed by atoms with van der Waals surface area (Å²) in [5, 5.41) is 9.56. The molecule has 0 radical (unpaired) electrons. The van der Waals surface area contributed by atoms with Gasteiger partial charge in [0.15, 0.2) is 0 Å². The summed E-state index contributed by atoms with van der Waals surface area (Å²) in [6.07, 6.45) is 2.87. The highest BCUT2D eigenvalue weighted by molar-refractivity contribution is 6.33. The molecular weight excluding hydrogens is 226 g/mol. The fourth-order valence-corrected chi connectivity index (χ4v) is 1.72. The summed E-state index contributed by atoms with van der Waals surface area (Å²) in [5.74, 6) is -1.01. The molecule has 0 saturated carbocycles. The van der Waals surface area contributed by atoms with Crippen LogP contribution in [0.1, 0.15) is 10.4 Å². The molecule has 2 aromatic rings. The lowest BCUT2D eigenvalue weighted by Gasteiger charge is -2.06. The zero-order valence-corrected chi connectivity index (χ0v) is 8.98. The van der Waals surface area contributed by atoms with Gasteiger partial charge in [0, 0.05) is 28.5 Å². The molecule has 0 aliphatic carbocycles. The SMILES string of the molecule is O=C(O)c1cnccc1-c1ccccc1Cl. The van der Waals surface area contributed by atoms with E-state index in [0.29, 0.717) is 16.1 Å². The van der Waals surface area contributed by atoms with Crippen LogP contribution in [0.25, 0.3) is 11.1 Å². The van der Waals surface area contributed by atoms with Crippen molar-refractivity contribution in [2.24, 2.45) is 0 Å². The molecule has 0 unspecified atom stereocenters. The summed E-state index contributed by atoms with van der Waals surface area (Å²) in [6, 6.07) is 8.76. The summed E-state index contributed by atoms with van der Waals surface area (Å²) in [4.78, 5) is 14.8. The molecular formula is C12H8ClNO2. The molecule has 0 fully saturated rings. The van der Waals surface area contributed by atoms with Crippen LogP contribution in [0.3, 0.4) is 0 Å². The van der Waals surface area contributed by atoms with E-state index in [1.54, 1.807) is 30.5 Å². The van der Waals surface area contributed by atoms with Crippen molar-refractivity contribution in [3.8, 4) is 11.1 Å². The van der Waals surface area contributed by atoms with Gasteiger partial charge in [-0.1, -0.05) is 29.8 Å². The first-order valence-corrected chi connectivity index (χ1v) is 5.00. The lowest BCUT2D eigenvalue weighted by molar-refractivity contribution is 0.0697. The van der Waals surface area contributed by atoms with E-state index < -0.39 is 5.97 Å². The third kappa shape index (κ3) is 1.90. The Morgan fingerprint density at radius 2 is 1.94 bits per heavy atom. The van der Waals surface area contributed by atoms with Crippen LogP contribution >= 0.6 is 11.6 Å². The first kappa shape index (κ1) is 10.6. The second-order valence-electron chi connectivity index (χ2n) is 3.21. The monoisotopic (exact) mass is 233 g/mol. The van der Waals surface area contributed by atoms with Crippen molar-refractivity contribution in [2.45, 2.75) is 0 Å². The predicted molar refractivity (Wildman–Crippen MR) is 61.6 cm³/mol. The second kappa shape index (κ2) is 4.33. The molecule has 3 nitrogen and oxygen atoms in total. The molecule has 80 valence electrons. The topological polar surface area (TPSA) is 50.2 Å². The number of nitrogens with zero attached hydrogens (tertiary/aromatic N) is 1. The fraction of sp³-hybridized carbons (Fsp3) is 0. The summed E-state index contributed by atoms with van der Waals surface area (Å²) >= 11 is 6.02. The van der Waals surface area contributed by atoms with Crippen LogP contribution in [0.2, 0.25) is 5.02 Å². The lowest BCUT2D eigenvalue weighted by Crippen LogP contribution is -2.00. The van der Waals surface area contributed by atoms with Crippen LogP contribution in [-0.2, 0) is 0 Å². The van der Waals surface area contributed by atoms with Crippen LogP contribution in [0.15, 0.2) is 42.7 Å². The van der Waals surface area contributed by atoms with E-state index in [9.17, 15) is 4.79 Å². The maximum atomic E-state index is 11.0. The van der Waals surface area contributed by atoms with Crippen molar-refractivity contribution >= 4 is 17.6 Å². The van der Waals surface area contributed by atoms with Crippen LogP contribution < -0.4 is 0 Å². The lowest BCUT2D eigenvalue weighted by atomic mass is 10.0. The van der Waals surface area contributed by atoms with Gasteiger partial charge in [0.05, 0.1) is 5.56 Å². The fourth-order valence-electron chi connectivity index (χ4n) is 1.48. The van der Waals surface area contributed by atoms with Crippen molar-refractivity contribution in [2.75, 3.05) is 0 Å². The van der Waals surface area contributed by atoms with Crippen LogP contribution in [0, 0.1) is 0 Å². The molecule has 0 saturated heterocycles. The highest BCUT2D eigenvalue weighted by Crippen LogP contribution is 2.29. The Bertz CT molecular complexity index is 540. The number of halogens is 1. The quantitative estimate of drug-likeness (QED) is 0.867. The van der Waals surface area contributed by atoms with E-state index in [1.807, 2.05) is 6.07 Å². The minimum Gasteiger partial charge on any atom is -0.478 e. The molecule has 4 heteroatoms. The van der Waals surface area contributed by atoms with Crippen LogP contribution in [0.5, 0.6) is 0 Å². The molecule has 16 heavy (non-hydrogen) atoms. The summed E-state index contributed by atoms with van der Waals surface area (Å²) in [6.45, 7) is 0. The van der Waals surface area contributed by atoms with Gasteiger partial charge < -0.3 is 5.11 Å². The second-order valence-corrected chi connectivity index (χ2v) is 3.61.